The summed E-state index contributed by atoms with van der Waals surface area (Å²) < 4.78 is 24.6. The van der Waals surface area contributed by atoms with Gasteiger partial charge in [0, 0.05) is 49.4 Å². The molecular formula is C31H37N5O5S. The van der Waals surface area contributed by atoms with Crippen molar-refractivity contribution >= 4 is 50.2 Å². The highest BCUT2D eigenvalue weighted by atomic mass is 32.2. The molecular weight excluding hydrogens is 554 g/mol. The molecule has 4 aromatic rings. The molecule has 222 valence electrons. The number of aromatic nitrogens is 1. The number of nitrogens with one attached hydrogen (secondary N) is 2. The van der Waals surface area contributed by atoms with E-state index >= 15 is 0 Å². The van der Waals surface area contributed by atoms with Gasteiger partial charge in [0.1, 0.15) is 5.69 Å². The van der Waals surface area contributed by atoms with E-state index in [0.717, 1.165) is 21.9 Å². The van der Waals surface area contributed by atoms with E-state index < -0.39 is 9.71 Å². The number of rotatable bonds is 7. The number of carbonyl (C=O) groups excluding carboxylic acids is 3. The fraction of sp³-hybridized carbons (Fsp3) is 0.355. The first-order chi connectivity index (χ1) is 19.8. The van der Waals surface area contributed by atoms with E-state index in [1.807, 2.05) is 36.4 Å². The van der Waals surface area contributed by atoms with Crippen molar-refractivity contribution in [3.05, 3.63) is 69.9 Å². The molecule has 1 aromatic heterocycles. The number of carbonyl (C=O) groups is 3. The van der Waals surface area contributed by atoms with Gasteiger partial charge in [-0.2, -0.15) is 0 Å². The summed E-state index contributed by atoms with van der Waals surface area (Å²) >= 11 is 0. The van der Waals surface area contributed by atoms with Crippen LogP contribution in [0.2, 0.25) is 0 Å². The first-order valence-corrected chi connectivity index (χ1v) is 15.7. The summed E-state index contributed by atoms with van der Waals surface area (Å²) in [7, 11) is 0.744. The van der Waals surface area contributed by atoms with Crippen LogP contribution in [0.5, 0.6) is 5.75 Å². The Kier molecular flexibility index (Phi) is 7.57. The zero-order valence-electron chi connectivity index (χ0n) is 24.8. The Bertz CT molecular complexity index is 1800. The first-order valence-electron chi connectivity index (χ1n) is 13.8. The van der Waals surface area contributed by atoms with Gasteiger partial charge in [-0.1, -0.05) is 32.9 Å². The molecule has 0 spiro atoms. The van der Waals surface area contributed by atoms with Crippen LogP contribution in [0.4, 0.5) is 11.4 Å². The van der Waals surface area contributed by atoms with Crippen molar-refractivity contribution in [3.63, 3.8) is 0 Å². The van der Waals surface area contributed by atoms with Crippen molar-refractivity contribution in [1.29, 1.82) is 0 Å². The van der Waals surface area contributed by atoms with Crippen LogP contribution >= 0.6 is 0 Å². The van der Waals surface area contributed by atoms with Gasteiger partial charge in [0.2, 0.25) is 6.41 Å². The maximum atomic E-state index is 13.8. The third-order valence-corrected chi connectivity index (χ3v) is 9.52. The molecule has 1 fully saturated rings. The zero-order chi connectivity index (χ0) is 30.4. The molecule has 11 heteroatoms. The number of aryl methyl sites for hydroxylation is 1. The van der Waals surface area contributed by atoms with E-state index in [2.05, 4.69) is 30.8 Å². The molecule has 3 amide bonds. The van der Waals surface area contributed by atoms with Crippen molar-refractivity contribution in [2.24, 2.45) is 7.05 Å². The van der Waals surface area contributed by atoms with Crippen molar-refractivity contribution < 1.29 is 23.3 Å². The molecule has 2 heterocycles. The van der Waals surface area contributed by atoms with Crippen molar-refractivity contribution in [2.75, 3.05) is 49.6 Å². The lowest BCUT2D eigenvalue weighted by atomic mass is 9.86. The second-order valence-electron chi connectivity index (χ2n) is 11.8. The highest BCUT2D eigenvalue weighted by Crippen LogP contribution is 2.40. The number of benzene rings is 2. The highest BCUT2D eigenvalue weighted by molar-refractivity contribution is 7.96. The maximum Gasteiger partial charge on any atom is 0.272 e. The number of anilines is 2. The van der Waals surface area contributed by atoms with Crippen LogP contribution in [0.3, 0.4) is 0 Å². The van der Waals surface area contributed by atoms with Gasteiger partial charge in [-0.15, -0.1) is 0 Å². The molecule has 1 atom stereocenters. The average molecular weight is 592 g/mol. The fourth-order valence-corrected chi connectivity index (χ4v) is 6.48. The topological polar surface area (TPSA) is 113 Å². The summed E-state index contributed by atoms with van der Waals surface area (Å²) in [5.41, 5.74) is 3.13. The summed E-state index contributed by atoms with van der Waals surface area (Å²) in [5, 5.41) is 3.77. The molecule has 3 aromatic carbocycles. The molecule has 0 aliphatic carbocycles. The molecule has 1 aliphatic heterocycles. The van der Waals surface area contributed by atoms with E-state index in [4.69, 9.17) is 4.74 Å². The molecule has 0 saturated carbocycles. The number of fused-ring (bicyclic) bond motifs is 1. The summed E-state index contributed by atoms with van der Waals surface area (Å²) in [5.74, 6) is -0.144. The molecule has 1 aliphatic rings. The minimum atomic E-state index is -2.53. The van der Waals surface area contributed by atoms with Crippen LogP contribution < -0.4 is 14.8 Å². The minimum absolute atomic E-state index is 0.138. The Morgan fingerprint density at radius 2 is 1.67 bits per heavy atom. The number of amides is 3. The van der Waals surface area contributed by atoms with Gasteiger partial charge in [-0.3, -0.25) is 14.4 Å². The normalized spacial score (nSPS) is 15.5. The lowest BCUT2D eigenvalue weighted by molar-refractivity contribution is -0.119. The van der Waals surface area contributed by atoms with Gasteiger partial charge in [-0.05, 0) is 47.4 Å². The molecule has 0 radical (unpaired) electrons. The number of para-hydroxylation sites is 1. The monoisotopic (exact) mass is 591 g/mol. The Hall–Kier alpha value is -4.25. The second kappa shape index (κ2) is 10.9. The number of piperazine rings is 1. The van der Waals surface area contributed by atoms with E-state index in [9.17, 15) is 18.6 Å². The van der Waals surface area contributed by atoms with E-state index in [1.165, 1.54) is 7.11 Å². The maximum absolute atomic E-state index is 13.8. The van der Waals surface area contributed by atoms with Crippen molar-refractivity contribution in [2.45, 2.75) is 26.2 Å². The quantitative estimate of drug-likeness (QED) is 0.249. The third-order valence-electron chi connectivity index (χ3n) is 7.73. The lowest BCUT2D eigenvalue weighted by Crippen LogP contribution is -2.48. The number of nitrogens with zero attached hydrogens (tertiary/aromatic N) is 3. The Morgan fingerprint density at radius 3 is 2.26 bits per heavy atom. The largest absolute Gasteiger partial charge is 0.492 e. The molecule has 1 saturated heterocycles. The molecule has 5 rings (SSSR count). The summed E-state index contributed by atoms with van der Waals surface area (Å²) in [6.45, 7) is 8.06. The SMILES string of the molecule is COc1c(NC(=O)c2cc3cccc(C(=O)N4CCN(C=O)CC4)c3n2C)cc(C(C)(C)C)cc1NS(C)(=O)=c1cc1. The predicted octanol–water partition coefficient (Wildman–Crippen LogP) is 4.00. The Morgan fingerprint density at radius 1 is 1.00 bits per heavy atom. The molecule has 42 heavy (non-hydrogen) atoms. The van der Waals surface area contributed by atoms with Crippen LogP contribution in [0.25, 0.3) is 10.9 Å². The van der Waals surface area contributed by atoms with Gasteiger partial charge in [0.05, 0.1) is 39.3 Å². The summed E-state index contributed by atoms with van der Waals surface area (Å²) in [6, 6.07) is 14.6. The average Bonchev–Trinajstić information content (AvgIpc) is 3.76. The van der Waals surface area contributed by atoms with Crippen LogP contribution in [-0.2, 0) is 27.0 Å². The summed E-state index contributed by atoms with van der Waals surface area (Å²) in [4.78, 5) is 41.8. The van der Waals surface area contributed by atoms with Gasteiger partial charge < -0.3 is 29.1 Å². The van der Waals surface area contributed by atoms with Gasteiger partial charge in [-0.25, -0.2) is 4.21 Å². The van der Waals surface area contributed by atoms with Gasteiger partial charge >= 0.3 is 0 Å². The Balaban J connectivity index is 1.51. The third kappa shape index (κ3) is 5.61. The first kappa shape index (κ1) is 29.2. The number of methoxy groups -OCH3 is 1. The van der Waals surface area contributed by atoms with Crippen LogP contribution in [0, 0.1) is 4.51 Å². The lowest BCUT2D eigenvalue weighted by Gasteiger charge is -2.32. The molecule has 2 N–H and O–H groups in total. The Labute approximate surface area is 246 Å². The molecule has 10 nitrogen and oxygen atoms in total. The van der Waals surface area contributed by atoms with Crippen molar-refractivity contribution in [1.82, 2.24) is 14.4 Å². The highest BCUT2D eigenvalue weighted by Gasteiger charge is 2.27. The number of hydrogen-bond acceptors (Lipinski definition) is 5. The minimum Gasteiger partial charge on any atom is -0.492 e. The molecule has 0 bridgehead atoms. The number of ether oxygens (including phenoxy) is 1. The van der Waals surface area contributed by atoms with E-state index in [-0.39, 0.29) is 17.2 Å². The van der Waals surface area contributed by atoms with Crippen molar-refractivity contribution in [3.8, 4) is 5.75 Å². The standard InChI is InChI=1S/C31H37N5O5S/c1-31(2,3)21-17-24(28(41-5)25(18-21)33-42(6,40)22-10-11-22)32-29(38)26-16-20-8-7-9-23(27(20)34(26)4)30(39)36-14-12-35(19-37)13-15-36/h7-11,16-19H,12-15H2,1-6H3,(H,32,38)(H,33,40). The van der Waals surface area contributed by atoms with Crippen LogP contribution in [0.15, 0.2) is 48.5 Å². The predicted molar refractivity (Wildman–Crippen MR) is 166 cm³/mol. The van der Waals surface area contributed by atoms with Gasteiger partial charge in [0.15, 0.2) is 5.75 Å². The van der Waals surface area contributed by atoms with Crippen LogP contribution in [-0.4, -0.2) is 76.3 Å². The number of hydrogen-bond donors (Lipinski definition) is 2. The van der Waals surface area contributed by atoms with E-state index in [0.29, 0.717) is 60.1 Å². The zero-order valence-corrected chi connectivity index (χ0v) is 25.6. The second-order valence-corrected chi connectivity index (χ2v) is 14.1. The van der Waals surface area contributed by atoms with Gasteiger partial charge in [0.25, 0.3) is 11.8 Å². The summed E-state index contributed by atoms with van der Waals surface area (Å²) in [6.07, 6.45) is 2.44. The molecule has 1 unspecified atom stereocenters. The smallest absolute Gasteiger partial charge is 0.272 e. The van der Waals surface area contributed by atoms with E-state index in [1.54, 1.807) is 39.8 Å². The fourth-order valence-electron chi connectivity index (χ4n) is 5.21. The van der Waals surface area contributed by atoms with Crippen LogP contribution in [0.1, 0.15) is 47.2 Å².